The summed E-state index contributed by atoms with van der Waals surface area (Å²) < 4.78 is 5.06. The molecule has 2 aromatic rings. The highest BCUT2D eigenvalue weighted by Crippen LogP contribution is 2.29. The lowest BCUT2D eigenvalue weighted by Crippen LogP contribution is -2.39. The first-order valence-corrected chi connectivity index (χ1v) is 7.96. The van der Waals surface area contributed by atoms with E-state index < -0.39 is 11.9 Å². The largest absolute Gasteiger partial charge is 0.467 e. The first-order valence-electron chi connectivity index (χ1n) is 6.22. The molecule has 0 fully saturated rings. The summed E-state index contributed by atoms with van der Waals surface area (Å²) in [6, 6.07) is 7.83. The third-order valence-electron chi connectivity index (χ3n) is 2.51. The van der Waals surface area contributed by atoms with E-state index in [2.05, 4.69) is 10.6 Å². The first kappa shape index (κ1) is 16.7. The molecule has 5 nitrogen and oxygen atoms in total. The molecule has 0 aliphatic carbocycles. The Hall–Kier alpha value is -1.63. The minimum Gasteiger partial charge on any atom is -0.467 e. The highest BCUT2D eigenvalue weighted by molar-refractivity contribution is 8.00. The Morgan fingerprint density at radius 3 is 2.77 bits per heavy atom. The van der Waals surface area contributed by atoms with Gasteiger partial charge in [0.15, 0.2) is 0 Å². The van der Waals surface area contributed by atoms with E-state index in [4.69, 9.17) is 27.6 Å². The normalized spacial score (nSPS) is 10.3. The molecule has 2 rings (SSSR count). The molecule has 0 aliphatic rings. The van der Waals surface area contributed by atoms with E-state index in [-0.39, 0.29) is 12.3 Å². The monoisotopic (exact) mass is 358 g/mol. The molecule has 1 aromatic heterocycles. The predicted molar refractivity (Wildman–Crippen MR) is 86.3 cm³/mol. The molecular weight excluding hydrogens is 347 g/mol. The standard InChI is InChI=1S/C14H12Cl2N2O3S/c15-9-3-4-11(16)12(6-9)22-8-13(19)18-14(20)17-7-10-2-1-5-21-10/h1-6H,7-8H2,(H2,17,18,19,20). The molecule has 0 spiro atoms. The van der Waals surface area contributed by atoms with Crippen molar-refractivity contribution < 1.29 is 14.0 Å². The molecule has 0 saturated carbocycles. The van der Waals surface area contributed by atoms with E-state index >= 15 is 0 Å². The fourth-order valence-corrected chi connectivity index (χ4v) is 2.81. The first-order chi connectivity index (χ1) is 10.5. The number of carbonyl (C=O) groups excluding carboxylic acids is 2. The third-order valence-corrected chi connectivity index (χ3v) is 4.24. The van der Waals surface area contributed by atoms with Gasteiger partial charge in [-0.3, -0.25) is 10.1 Å². The molecule has 0 atom stereocenters. The minimum absolute atomic E-state index is 0.0498. The van der Waals surface area contributed by atoms with Gasteiger partial charge in [0.2, 0.25) is 5.91 Å². The quantitative estimate of drug-likeness (QED) is 0.799. The third kappa shape index (κ3) is 5.29. The van der Waals surface area contributed by atoms with E-state index in [1.54, 1.807) is 30.3 Å². The van der Waals surface area contributed by atoms with Gasteiger partial charge < -0.3 is 9.73 Å². The van der Waals surface area contributed by atoms with Crippen molar-refractivity contribution in [1.29, 1.82) is 0 Å². The van der Waals surface area contributed by atoms with Crippen LogP contribution in [0.25, 0.3) is 0 Å². The molecule has 8 heteroatoms. The van der Waals surface area contributed by atoms with Crippen molar-refractivity contribution in [2.24, 2.45) is 0 Å². The van der Waals surface area contributed by atoms with Gasteiger partial charge in [0, 0.05) is 9.92 Å². The lowest BCUT2D eigenvalue weighted by molar-refractivity contribution is -0.117. The SMILES string of the molecule is O=C(CSc1cc(Cl)ccc1Cl)NC(=O)NCc1ccco1. The Balaban J connectivity index is 1.75. The maximum atomic E-state index is 11.7. The Kier molecular flexibility index (Phi) is 6.18. The number of benzene rings is 1. The second kappa shape index (κ2) is 8.12. The lowest BCUT2D eigenvalue weighted by atomic mass is 10.4. The lowest BCUT2D eigenvalue weighted by Gasteiger charge is -2.06. The van der Waals surface area contributed by atoms with Gasteiger partial charge in [-0.15, -0.1) is 11.8 Å². The van der Waals surface area contributed by atoms with Crippen molar-refractivity contribution in [3.05, 3.63) is 52.4 Å². The van der Waals surface area contributed by atoms with Crippen LogP contribution in [0.2, 0.25) is 10.0 Å². The van der Waals surface area contributed by atoms with Crippen molar-refractivity contribution in [3.8, 4) is 0 Å². The number of hydrogen-bond acceptors (Lipinski definition) is 4. The summed E-state index contributed by atoms with van der Waals surface area (Å²) in [5.74, 6) is 0.217. The second-order valence-electron chi connectivity index (χ2n) is 4.17. The summed E-state index contributed by atoms with van der Waals surface area (Å²) in [6.07, 6.45) is 1.51. The summed E-state index contributed by atoms with van der Waals surface area (Å²) in [6.45, 7) is 0.208. The average Bonchev–Trinajstić information content (AvgIpc) is 2.99. The number of urea groups is 1. The van der Waals surface area contributed by atoms with E-state index in [9.17, 15) is 9.59 Å². The average molecular weight is 359 g/mol. The fourth-order valence-electron chi connectivity index (χ4n) is 1.52. The summed E-state index contributed by atoms with van der Waals surface area (Å²) in [7, 11) is 0. The van der Waals surface area contributed by atoms with Gasteiger partial charge in [0.1, 0.15) is 5.76 Å². The van der Waals surface area contributed by atoms with Crippen molar-refractivity contribution in [1.82, 2.24) is 10.6 Å². The summed E-state index contributed by atoms with van der Waals surface area (Å²) in [5, 5.41) is 5.77. The molecule has 116 valence electrons. The van der Waals surface area contributed by atoms with Crippen LogP contribution < -0.4 is 10.6 Å². The number of carbonyl (C=O) groups is 2. The van der Waals surface area contributed by atoms with Gasteiger partial charge in [-0.25, -0.2) is 4.79 Å². The van der Waals surface area contributed by atoms with Crippen molar-refractivity contribution >= 4 is 46.9 Å². The van der Waals surface area contributed by atoms with Crippen LogP contribution in [0.15, 0.2) is 45.9 Å². The number of imide groups is 1. The molecule has 2 N–H and O–H groups in total. The highest BCUT2D eigenvalue weighted by Gasteiger charge is 2.10. The van der Waals surface area contributed by atoms with Gasteiger partial charge in [-0.2, -0.15) is 0 Å². The number of halogens is 2. The predicted octanol–water partition coefficient (Wildman–Crippen LogP) is 3.70. The van der Waals surface area contributed by atoms with Crippen LogP contribution in [0.4, 0.5) is 4.79 Å². The maximum Gasteiger partial charge on any atom is 0.321 e. The Morgan fingerprint density at radius 2 is 2.05 bits per heavy atom. The number of hydrogen-bond donors (Lipinski definition) is 2. The zero-order chi connectivity index (χ0) is 15.9. The fraction of sp³-hybridized carbons (Fsp3) is 0.143. The van der Waals surface area contributed by atoms with Crippen LogP contribution in [-0.2, 0) is 11.3 Å². The van der Waals surface area contributed by atoms with Gasteiger partial charge >= 0.3 is 6.03 Å². The van der Waals surface area contributed by atoms with Crippen LogP contribution in [0.5, 0.6) is 0 Å². The van der Waals surface area contributed by atoms with E-state index in [0.29, 0.717) is 20.7 Å². The van der Waals surface area contributed by atoms with E-state index in [1.807, 2.05) is 0 Å². The smallest absolute Gasteiger partial charge is 0.321 e. The van der Waals surface area contributed by atoms with Gasteiger partial charge in [0.05, 0.1) is 23.6 Å². The molecule has 1 heterocycles. The van der Waals surface area contributed by atoms with Gasteiger partial charge in [-0.05, 0) is 30.3 Å². The molecular formula is C14H12Cl2N2O3S. The number of furan rings is 1. The van der Waals surface area contributed by atoms with Crippen molar-refractivity contribution in [2.75, 3.05) is 5.75 Å². The maximum absolute atomic E-state index is 11.7. The van der Waals surface area contributed by atoms with E-state index in [1.165, 1.54) is 18.0 Å². The number of thioether (sulfide) groups is 1. The topological polar surface area (TPSA) is 71.3 Å². The van der Waals surface area contributed by atoms with Crippen LogP contribution in [0.1, 0.15) is 5.76 Å². The summed E-state index contributed by atoms with van der Waals surface area (Å²) in [5.41, 5.74) is 0. The Labute approximate surface area is 141 Å². The van der Waals surface area contributed by atoms with Crippen molar-refractivity contribution in [2.45, 2.75) is 11.4 Å². The molecule has 3 amide bonds. The Bertz CT molecular complexity index is 662. The van der Waals surface area contributed by atoms with Crippen LogP contribution >= 0.6 is 35.0 Å². The molecule has 0 radical (unpaired) electrons. The molecule has 0 bridgehead atoms. The van der Waals surface area contributed by atoms with Crippen LogP contribution in [-0.4, -0.2) is 17.7 Å². The van der Waals surface area contributed by atoms with E-state index in [0.717, 1.165) is 0 Å². The minimum atomic E-state index is -0.584. The van der Waals surface area contributed by atoms with Crippen LogP contribution in [0, 0.1) is 0 Å². The summed E-state index contributed by atoms with van der Waals surface area (Å²) >= 11 is 13.1. The molecule has 22 heavy (non-hydrogen) atoms. The number of amides is 3. The molecule has 0 unspecified atom stereocenters. The van der Waals surface area contributed by atoms with Crippen molar-refractivity contribution in [3.63, 3.8) is 0 Å². The number of nitrogens with one attached hydrogen (secondary N) is 2. The van der Waals surface area contributed by atoms with Gasteiger partial charge in [-0.1, -0.05) is 23.2 Å². The van der Waals surface area contributed by atoms with Gasteiger partial charge in [0.25, 0.3) is 0 Å². The van der Waals surface area contributed by atoms with Crippen LogP contribution in [0.3, 0.4) is 0 Å². The Morgan fingerprint density at radius 1 is 1.23 bits per heavy atom. The molecule has 1 aromatic carbocycles. The second-order valence-corrected chi connectivity index (χ2v) is 6.03. The molecule has 0 saturated heterocycles. The summed E-state index contributed by atoms with van der Waals surface area (Å²) in [4.78, 5) is 23.9. The zero-order valence-electron chi connectivity index (χ0n) is 11.3. The molecule has 0 aliphatic heterocycles. The highest BCUT2D eigenvalue weighted by atomic mass is 35.5. The number of rotatable bonds is 5. The zero-order valence-corrected chi connectivity index (χ0v) is 13.6.